The normalized spacial score (nSPS) is 14.7. The van der Waals surface area contributed by atoms with Crippen molar-refractivity contribution in [2.24, 2.45) is 4.99 Å². The minimum atomic E-state index is -0.836. The van der Waals surface area contributed by atoms with Crippen molar-refractivity contribution in [1.82, 2.24) is 4.57 Å². The molecule has 2 heterocycles. The summed E-state index contributed by atoms with van der Waals surface area (Å²) in [5.41, 5.74) is 2.84. The van der Waals surface area contributed by atoms with E-state index in [2.05, 4.69) is 30.3 Å². The van der Waals surface area contributed by atoms with Crippen LogP contribution in [0.25, 0.3) is 33.3 Å². The third-order valence-corrected chi connectivity index (χ3v) is 9.17. The zero-order valence-electron chi connectivity index (χ0n) is 25.5. The molecule has 7 nitrogen and oxygen atoms in total. The molecule has 0 unspecified atom stereocenters. The van der Waals surface area contributed by atoms with E-state index in [9.17, 15) is 9.59 Å². The number of benzene rings is 5. The van der Waals surface area contributed by atoms with Gasteiger partial charge in [0.15, 0.2) is 16.3 Å². The van der Waals surface area contributed by atoms with Crippen LogP contribution < -0.4 is 24.4 Å². The van der Waals surface area contributed by atoms with Crippen LogP contribution in [-0.4, -0.2) is 31.4 Å². The lowest BCUT2D eigenvalue weighted by molar-refractivity contribution is -0.138. The maximum atomic E-state index is 14.6. The summed E-state index contributed by atoms with van der Waals surface area (Å²) < 4.78 is 18.8. The summed E-state index contributed by atoms with van der Waals surface area (Å²) in [6.07, 6.45) is 1.95. The van der Waals surface area contributed by atoms with E-state index < -0.39 is 12.0 Å². The maximum Gasteiger partial charge on any atom is 0.338 e. The van der Waals surface area contributed by atoms with Gasteiger partial charge in [-0.05, 0) is 63.9 Å². The second kappa shape index (κ2) is 12.1. The molecule has 46 heavy (non-hydrogen) atoms. The standard InChI is InChI=1S/C38H30N2O5S/c1-4-45-37(42)33-34(23-12-6-5-7-13-23)39-38-40(35(33)26-18-19-30(43-2)31(21-26)44-3)36(41)32(46-38)22-29-27-16-10-8-14-24(27)20-25-15-9-11-17-28(25)29/h5-22,35H,4H2,1-3H3/b32-22-/t35-/m0/s1. The number of aromatic nitrogens is 1. The fourth-order valence-corrected chi connectivity index (χ4v) is 7.10. The molecule has 228 valence electrons. The Morgan fingerprint density at radius 2 is 1.50 bits per heavy atom. The van der Waals surface area contributed by atoms with Crippen molar-refractivity contribution >= 4 is 50.6 Å². The Bertz CT molecular complexity index is 2300. The summed E-state index contributed by atoms with van der Waals surface area (Å²) in [6, 6.07) is 32.6. The van der Waals surface area contributed by atoms with Crippen LogP contribution in [0.3, 0.4) is 0 Å². The Hall–Kier alpha value is -5.47. The highest BCUT2D eigenvalue weighted by Crippen LogP contribution is 2.38. The van der Waals surface area contributed by atoms with Crippen molar-refractivity contribution in [3.8, 4) is 11.5 Å². The number of nitrogens with zero attached hydrogens (tertiary/aromatic N) is 2. The average Bonchev–Trinajstić information content (AvgIpc) is 3.41. The number of carbonyl (C=O) groups excluding carboxylic acids is 1. The van der Waals surface area contributed by atoms with Crippen LogP contribution in [0.1, 0.15) is 29.7 Å². The van der Waals surface area contributed by atoms with Gasteiger partial charge in [0, 0.05) is 5.56 Å². The number of methoxy groups -OCH3 is 2. The van der Waals surface area contributed by atoms with Gasteiger partial charge in [0.1, 0.15) is 0 Å². The van der Waals surface area contributed by atoms with Gasteiger partial charge in [-0.25, -0.2) is 9.79 Å². The monoisotopic (exact) mass is 626 g/mol. The van der Waals surface area contributed by atoms with E-state index in [1.165, 1.54) is 11.3 Å². The second-order valence-corrected chi connectivity index (χ2v) is 11.8. The smallest absolute Gasteiger partial charge is 0.338 e. The molecule has 7 rings (SSSR count). The highest BCUT2D eigenvalue weighted by atomic mass is 32.1. The van der Waals surface area contributed by atoms with Crippen molar-refractivity contribution < 1.29 is 19.0 Å². The molecule has 0 radical (unpaired) electrons. The van der Waals surface area contributed by atoms with Gasteiger partial charge in [0.05, 0.1) is 42.7 Å². The number of fused-ring (bicyclic) bond motifs is 3. The van der Waals surface area contributed by atoms with E-state index in [-0.39, 0.29) is 17.7 Å². The van der Waals surface area contributed by atoms with Gasteiger partial charge in [-0.1, -0.05) is 96.3 Å². The summed E-state index contributed by atoms with van der Waals surface area (Å²) >= 11 is 1.30. The molecule has 5 aromatic carbocycles. The van der Waals surface area contributed by atoms with E-state index in [0.29, 0.717) is 32.1 Å². The van der Waals surface area contributed by atoms with E-state index in [1.807, 2.05) is 66.7 Å². The quantitative estimate of drug-likeness (QED) is 0.154. The van der Waals surface area contributed by atoms with E-state index in [1.54, 1.807) is 37.8 Å². The first-order valence-electron chi connectivity index (χ1n) is 14.9. The molecule has 1 aliphatic heterocycles. The lowest BCUT2D eigenvalue weighted by atomic mass is 9.93. The van der Waals surface area contributed by atoms with Gasteiger partial charge in [-0.2, -0.15) is 0 Å². The highest BCUT2D eigenvalue weighted by Gasteiger charge is 2.35. The molecule has 0 saturated heterocycles. The highest BCUT2D eigenvalue weighted by molar-refractivity contribution is 7.07. The molecule has 0 saturated carbocycles. The van der Waals surface area contributed by atoms with Crippen LogP contribution >= 0.6 is 11.3 Å². The van der Waals surface area contributed by atoms with Crippen molar-refractivity contribution in [3.05, 3.63) is 145 Å². The predicted octanol–water partition coefficient (Wildman–Crippen LogP) is 6.26. The molecule has 0 aliphatic carbocycles. The molecule has 6 aromatic rings. The van der Waals surface area contributed by atoms with Gasteiger partial charge in [0.25, 0.3) is 5.56 Å². The lowest BCUT2D eigenvalue weighted by Gasteiger charge is -2.26. The van der Waals surface area contributed by atoms with Gasteiger partial charge in [-0.15, -0.1) is 0 Å². The van der Waals surface area contributed by atoms with E-state index in [4.69, 9.17) is 19.2 Å². The van der Waals surface area contributed by atoms with Gasteiger partial charge < -0.3 is 14.2 Å². The molecule has 0 fully saturated rings. The molecule has 8 heteroatoms. The molecule has 0 amide bonds. The minimum Gasteiger partial charge on any atom is -0.493 e. The third kappa shape index (κ3) is 4.97. The SMILES string of the molecule is CCOC(=O)C1=C(c2ccccc2)N=c2s/c(=C\c3c4ccccc4cc4ccccc34)c(=O)n2[C@H]1c1ccc(OC)c(OC)c1. The molecule has 0 N–H and O–H groups in total. The number of carbonyl (C=O) groups is 1. The summed E-state index contributed by atoms with van der Waals surface area (Å²) in [4.78, 5) is 33.9. The lowest BCUT2D eigenvalue weighted by Crippen LogP contribution is -2.40. The Morgan fingerprint density at radius 1 is 0.848 bits per heavy atom. The summed E-state index contributed by atoms with van der Waals surface area (Å²) in [5, 5.41) is 4.25. The summed E-state index contributed by atoms with van der Waals surface area (Å²) in [7, 11) is 3.12. The van der Waals surface area contributed by atoms with Gasteiger partial charge >= 0.3 is 5.97 Å². The molecule has 1 aromatic heterocycles. The first-order chi connectivity index (χ1) is 22.5. The fraction of sp³-hybridized carbons (Fsp3) is 0.132. The largest absolute Gasteiger partial charge is 0.493 e. The number of hydrogen-bond donors (Lipinski definition) is 0. The van der Waals surface area contributed by atoms with Crippen LogP contribution in [0, 0.1) is 0 Å². The molecule has 0 bridgehead atoms. The Kier molecular flexibility index (Phi) is 7.72. The van der Waals surface area contributed by atoms with E-state index in [0.717, 1.165) is 32.7 Å². The first kappa shape index (κ1) is 29.3. The number of hydrogen-bond acceptors (Lipinski definition) is 7. The summed E-state index contributed by atoms with van der Waals surface area (Å²) in [5.74, 6) is 0.469. The minimum absolute atomic E-state index is 0.168. The molecular weight excluding hydrogens is 596 g/mol. The fourth-order valence-electron chi connectivity index (χ4n) is 6.11. The number of rotatable bonds is 7. The molecule has 1 atom stereocenters. The zero-order valence-corrected chi connectivity index (χ0v) is 26.3. The Balaban J connectivity index is 1.56. The van der Waals surface area contributed by atoms with Crippen LogP contribution in [0.2, 0.25) is 0 Å². The van der Waals surface area contributed by atoms with Crippen molar-refractivity contribution in [3.63, 3.8) is 0 Å². The molecule has 0 spiro atoms. The maximum absolute atomic E-state index is 14.6. The number of thiazole rings is 1. The second-order valence-electron chi connectivity index (χ2n) is 10.8. The van der Waals surface area contributed by atoms with Crippen molar-refractivity contribution in [2.75, 3.05) is 20.8 Å². The Labute approximate surface area is 268 Å². The van der Waals surface area contributed by atoms with Crippen molar-refractivity contribution in [1.29, 1.82) is 0 Å². The Morgan fingerprint density at radius 3 is 2.15 bits per heavy atom. The average molecular weight is 627 g/mol. The van der Waals surface area contributed by atoms with Gasteiger partial charge in [-0.3, -0.25) is 9.36 Å². The zero-order chi connectivity index (χ0) is 31.8. The van der Waals surface area contributed by atoms with Crippen LogP contribution in [-0.2, 0) is 9.53 Å². The predicted molar refractivity (Wildman–Crippen MR) is 182 cm³/mol. The van der Waals surface area contributed by atoms with Crippen molar-refractivity contribution in [2.45, 2.75) is 13.0 Å². The topological polar surface area (TPSA) is 79.1 Å². The molecule has 1 aliphatic rings. The number of ether oxygens (including phenoxy) is 3. The van der Waals surface area contributed by atoms with Crippen LogP contribution in [0.4, 0.5) is 0 Å². The van der Waals surface area contributed by atoms with Crippen LogP contribution in [0.15, 0.2) is 118 Å². The third-order valence-electron chi connectivity index (χ3n) is 8.19. The van der Waals surface area contributed by atoms with Crippen LogP contribution in [0.5, 0.6) is 11.5 Å². The molecular formula is C38H30N2O5S. The first-order valence-corrected chi connectivity index (χ1v) is 15.7. The summed E-state index contributed by atoms with van der Waals surface area (Å²) in [6.45, 7) is 1.93. The van der Waals surface area contributed by atoms with E-state index >= 15 is 0 Å². The van der Waals surface area contributed by atoms with Gasteiger partial charge in [0.2, 0.25) is 0 Å². The number of esters is 1.